The van der Waals surface area contributed by atoms with E-state index in [-0.39, 0.29) is 12.3 Å². The van der Waals surface area contributed by atoms with Gasteiger partial charge in [-0.1, -0.05) is 59.8 Å². The van der Waals surface area contributed by atoms with Crippen molar-refractivity contribution < 1.29 is 9.32 Å². The lowest BCUT2D eigenvalue weighted by atomic mass is 10.2. The third kappa shape index (κ3) is 4.03. The van der Waals surface area contributed by atoms with E-state index >= 15 is 0 Å². The number of amides is 1. The van der Waals surface area contributed by atoms with Crippen LogP contribution in [0.4, 0.5) is 5.13 Å². The van der Waals surface area contributed by atoms with E-state index in [0.717, 1.165) is 22.2 Å². The Morgan fingerprint density at radius 1 is 1.15 bits per heavy atom. The molecule has 6 nitrogen and oxygen atoms in total. The van der Waals surface area contributed by atoms with Crippen molar-refractivity contribution in [2.75, 3.05) is 5.32 Å². The molecule has 0 aliphatic heterocycles. The van der Waals surface area contributed by atoms with Gasteiger partial charge in [-0.3, -0.25) is 4.79 Å². The molecular weight excluding hydrogens is 360 g/mol. The number of benzene rings is 2. The first-order valence-electron chi connectivity index (χ1n) is 8.78. The van der Waals surface area contributed by atoms with E-state index in [4.69, 9.17) is 4.52 Å². The van der Waals surface area contributed by atoms with Crippen LogP contribution in [0.25, 0.3) is 21.6 Å². The molecule has 27 heavy (non-hydrogen) atoms. The molecule has 0 aliphatic rings. The zero-order valence-corrected chi connectivity index (χ0v) is 15.6. The normalized spacial score (nSPS) is 11.0. The number of thiazole rings is 1. The number of nitrogens with zero attached hydrogens (tertiary/aromatic N) is 3. The number of nitrogens with one attached hydrogen (secondary N) is 1. The molecule has 2 aromatic heterocycles. The molecule has 0 bridgehead atoms. The average molecular weight is 378 g/mol. The number of hydrogen-bond acceptors (Lipinski definition) is 6. The largest absolute Gasteiger partial charge is 0.339 e. The molecule has 0 radical (unpaired) electrons. The summed E-state index contributed by atoms with van der Waals surface area (Å²) in [5.74, 6) is 0.856. The Kier molecular flexibility index (Phi) is 4.93. The van der Waals surface area contributed by atoms with Gasteiger partial charge in [0.05, 0.1) is 10.2 Å². The Morgan fingerprint density at radius 2 is 2.00 bits per heavy atom. The van der Waals surface area contributed by atoms with Gasteiger partial charge in [-0.2, -0.15) is 4.98 Å². The number of rotatable bonds is 6. The second-order valence-corrected chi connectivity index (χ2v) is 7.13. The highest BCUT2D eigenvalue weighted by molar-refractivity contribution is 7.22. The van der Waals surface area contributed by atoms with Crippen molar-refractivity contribution in [2.45, 2.75) is 26.2 Å². The number of hydrogen-bond donors (Lipinski definition) is 1. The quantitative estimate of drug-likeness (QED) is 0.535. The van der Waals surface area contributed by atoms with Gasteiger partial charge in [0.15, 0.2) is 5.13 Å². The highest BCUT2D eigenvalue weighted by Crippen LogP contribution is 2.27. The van der Waals surface area contributed by atoms with Crippen LogP contribution in [-0.2, 0) is 17.6 Å². The second kappa shape index (κ2) is 7.67. The SMILES string of the molecule is CCc1ccc2nc(NC(=O)CCc3nc(-c4ccccc4)no3)sc2c1. The summed E-state index contributed by atoms with van der Waals surface area (Å²) in [6.07, 6.45) is 1.62. The molecule has 4 aromatic rings. The van der Waals surface area contributed by atoms with E-state index in [9.17, 15) is 4.79 Å². The molecule has 1 amide bonds. The first-order chi connectivity index (χ1) is 13.2. The fourth-order valence-corrected chi connectivity index (χ4v) is 3.65. The van der Waals surface area contributed by atoms with Crippen LogP contribution in [0.5, 0.6) is 0 Å². The molecule has 7 heteroatoms. The molecule has 0 aliphatic carbocycles. The van der Waals surface area contributed by atoms with Crippen molar-refractivity contribution in [3.8, 4) is 11.4 Å². The zero-order chi connectivity index (χ0) is 18.6. The first-order valence-corrected chi connectivity index (χ1v) is 9.60. The van der Waals surface area contributed by atoms with Crippen LogP contribution in [0.3, 0.4) is 0 Å². The van der Waals surface area contributed by atoms with E-state index in [1.165, 1.54) is 16.9 Å². The average Bonchev–Trinajstić information content (AvgIpc) is 3.33. The Hall–Kier alpha value is -3.06. The molecule has 0 atom stereocenters. The second-order valence-electron chi connectivity index (χ2n) is 6.10. The molecule has 0 unspecified atom stereocenters. The summed E-state index contributed by atoms with van der Waals surface area (Å²) in [7, 11) is 0. The molecule has 1 N–H and O–H groups in total. The summed E-state index contributed by atoms with van der Waals surface area (Å²) in [6, 6.07) is 15.8. The standard InChI is InChI=1S/C20H18N4O2S/c1-2-13-8-9-15-16(12-13)27-20(21-15)22-17(25)10-11-18-23-19(24-26-18)14-6-4-3-5-7-14/h3-9,12H,2,10-11H2,1H3,(H,21,22,25). The lowest BCUT2D eigenvalue weighted by Gasteiger charge is -1.98. The molecule has 0 fully saturated rings. The minimum absolute atomic E-state index is 0.121. The third-order valence-corrected chi connectivity index (χ3v) is 5.11. The van der Waals surface area contributed by atoms with Crippen LogP contribution in [0, 0.1) is 0 Å². The monoisotopic (exact) mass is 378 g/mol. The zero-order valence-electron chi connectivity index (χ0n) is 14.8. The number of fused-ring (bicyclic) bond motifs is 1. The van der Waals surface area contributed by atoms with Crippen molar-refractivity contribution in [3.05, 3.63) is 60.0 Å². The van der Waals surface area contributed by atoms with Gasteiger partial charge in [-0.25, -0.2) is 4.98 Å². The van der Waals surface area contributed by atoms with Crippen molar-refractivity contribution in [3.63, 3.8) is 0 Å². The third-order valence-electron chi connectivity index (χ3n) is 4.17. The minimum atomic E-state index is -0.121. The minimum Gasteiger partial charge on any atom is -0.339 e. The predicted octanol–water partition coefficient (Wildman–Crippen LogP) is 4.48. The van der Waals surface area contributed by atoms with Crippen LogP contribution < -0.4 is 5.32 Å². The lowest BCUT2D eigenvalue weighted by Crippen LogP contribution is -2.12. The topological polar surface area (TPSA) is 80.9 Å². The molecule has 0 saturated heterocycles. The summed E-state index contributed by atoms with van der Waals surface area (Å²) >= 11 is 1.48. The van der Waals surface area contributed by atoms with Gasteiger partial charge in [0.25, 0.3) is 0 Å². The highest BCUT2D eigenvalue weighted by Gasteiger charge is 2.12. The summed E-state index contributed by atoms with van der Waals surface area (Å²) in [6.45, 7) is 2.12. The predicted molar refractivity (Wildman–Crippen MR) is 106 cm³/mol. The maximum atomic E-state index is 12.2. The molecule has 0 spiro atoms. The Morgan fingerprint density at radius 3 is 2.81 bits per heavy atom. The first kappa shape index (κ1) is 17.4. The number of aryl methyl sites for hydroxylation is 2. The van der Waals surface area contributed by atoms with E-state index in [2.05, 4.69) is 39.5 Å². The number of aromatic nitrogens is 3. The number of anilines is 1. The van der Waals surface area contributed by atoms with Crippen LogP contribution >= 0.6 is 11.3 Å². The summed E-state index contributed by atoms with van der Waals surface area (Å²) in [5, 5.41) is 7.43. The fraction of sp³-hybridized carbons (Fsp3) is 0.200. The van der Waals surface area contributed by atoms with Gasteiger partial charge in [0.1, 0.15) is 0 Å². The fourth-order valence-electron chi connectivity index (χ4n) is 2.71. The van der Waals surface area contributed by atoms with Crippen molar-refractivity contribution >= 4 is 32.6 Å². The summed E-state index contributed by atoms with van der Waals surface area (Å²) in [5.41, 5.74) is 3.05. The number of carbonyl (C=O) groups excluding carboxylic acids is 1. The summed E-state index contributed by atoms with van der Waals surface area (Å²) in [4.78, 5) is 21.0. The van der Waals surface area contributed by atoms with E-state index in [1.807, 2.05) is 36.4 Å². The molecule has 136 valence electrons. The van der Waals surface area contributed by atoms with Crippen LogP contribution in [0.2, 0.25) is 0 Å². The Balaban J connectivity index is 1.37. The lowest BCUT2D eigenvalue weighted by molar-refractivity contribution is -0.116. The van der Waals surface area contributed by atoms with E-state index < -0.39 is 0 Å². The maximum Gasteiger partial charge on any atom is 0.227 e. The molecule has 2 aromatic carbocycles. The van der Waals surface area contributed by atoms with E-state index in [1.54, 1.807) is 0 Å². The van der Waals surface area contributed by atoms with Crippen molar-refractivity contribution in [1.29, 1.82) is 0 Å². The molecule has 2 heterocycles. The van der Waals surface area contributed by atoms with Gasteiger partial charge in [0, 0.05) is 18.4 Å². The van der Waals surface area contributed by atoms with Crippen LogP contribution in [-0.4, -0.2) is 21.0 Å². The Bertz CT molecular complexity index is 1070. The van der Waals surface area contributed by atoms with Crippen LogP contribution in [0.15, 0.2) is 53.1 Å². The van der Waals surface area contributed by atoms with Gasteiger partial charge < -0.3 is 9.84 Å². The molecular formula is C20H18N4O2S. The molecule has 0 saturated carbocycles. The summed E-state index contributed by atoms with van der Waals surface area (Å²) < 4.78 is 6.32. The van der Waals surface area contributed by atoms with Gasteiger partial charge >= 0.3 is 0 Å². The van der Waals surface area contributed by atoms with E-state index in [0.29, 0.717) is 23.3 Å². The Labute approximate surface area is 160 Å². The van der Waals surface area contributed by atoms with Crippen molar-refractivity contribution in [2.24, 2.45) is 0 Å². The van der Waals surface area contributed by atoms with Gasteiger partial charge in [0.2, 0.25) is 17.6 Å². The number of carbonyl (C=O) groups is 1. The van der Waals surface area contributed by atoms with Gasteiger partial charge in [-0.05, 0) is 24.1 Å². The maximum absolute atomic E-state index is 12.2. The van der Waals surface area contributed by atoms with Crippen LogP contribution in [0.1, 0.15) is 24.8 Å². The van der Waals surface area contributed by atoms with Crippen molar-refractivity contribution in [1.82, 2.24) is 15.1 Å². The molecule has 4 rings (SSSR count). The van der Waals surface area contributed by atoms with Gasteiger partial charge in [-0.15, -0.1) is 0 Å². The highest BCUT2D eigenvalue weighted by atomic mass is 32.1. The smallest absolute Gasteiger partial charge is 0.227 e.